The van der Waals surface area contributed by atoms with Crippen LogP contribution >= 0.6 is 11.3 Å². The van der Waals surface area contributed by atoms with Crippen molar-refractivity contribution in [2.75, 3.05) is 25.2 Å². The molecule has 3 aromatic carbocycles. The lowest BCUT2D eigenvalue weighted by molar-refractivity contribution is 0.0917. The number of ether oxygens (including phenoxy) is 3. The van der Waals surface area contributed by atoms with Gasteiger partial charge >= 0.3 is 0 Å². The van der Waals surface area contributed by atoms with Crippen LogP contribution in [0, 0.1) is 6.92 Å². The van der Waals surface area contributed by atoms with Crippen LogP contribution in [0.4, 0.5) is 5.13 Å². The maximum atomic E-state index is 13.7. The van der Waals surface area contributed by atoms with Gasteiger partial charge in [0, 0.05) is 12.2 Å². The molecule has 1 amide bonds. The Hall–Kier alpha value is -3.42. The molecule has 5 rings (SSSR count). The number of para-hydroxylation sites is 1. The molecular formula is C27H26N2O4S. The lowest BCUT2D eigenvalue weighted by Gasteiger charge is -2.23. The highest BCUT2D eigenvalue weighted by atomic mass is 32.1. The Balaban J connectivity index is 1.45. The van der Waals surface area contributed by atoms with Gasteiger partial charge in [0.2, 0.25) is 0 Å². The average Bonchev–Trinajstić information content (AvgIpc) is 3.54. The normalized spacial score (nSPS) is 15.4. The van der Waals surface area contributed by atoms with Crippen LogP contribution in [0.1, 0.15) is 28.8 Å². The Morgan fingerprint density at radius 1 is 1.09 bits per heavy atom. The molecule has 0 radical (unpaired) electrons. The van der Waals surface area contributed by atoms with Gasteiger partial charge in [-0.15, -0.1) is 0 Å². The second kappa shape index (κ2) is 9.83. The standard InChI is InChI=1S/C27H26N2O4S/c1-18-10-15-23(31-2)24-25(18)34-27(28-24)29(17-22-9-6-16-32-22)26(30)19-11-13-21(14-12-19)33-20-7-4-3-5-8-20/h3-5,7-8,10-15,22H,6,9,16-17H2,1-2H3. The van der Waals surface area contributed by atoms with E-state index < -0.39 is 0 Å². The molecule has 0 saturated carbocycles. The van der Waals surface area contributed by atoms with E-state index in [2.05, 4.69) is 0 Å². The minimum absolute atomic E-state index is 0.000332. The fourth-order valence-electron chi connectivity index (χ4n) is 4.06. The zero-order valence-corrected chi connectivity index (χ0v) is 20.0. The van der Waals surface area contributed by atoms with Gasteiger partial charge in [-0.3, -0.25) is 9.69 Å². The van der Waals surface area contributed by atoms with Crippen LogP contribution in [0.3, 0.4) is 0 Å². The molecule has 34 heavy (non-hydrogen) atoms. The number of rotatable bonds is 7. The fourth-order valence-corrected chi connectivity index (χ4v) is 5.12. The highest BCUT2D eigenvalue weighted by Crippen LogP contribution is 2.37. The number of hydrogen-bond acceptors (Lipinski definition) is 6. The molecule has 174 valence electrons. The van der Waals surface area contributed by atoms with Crippen LogP contribution in [0.25, 0.3) is 10.2 Å². The first-order chi connectivity index (χ1) is 16.6. The molecule has 2 heterocycles. The molecular weight excluding hydrogens is 448 g/mol. The van der Waals surface area contributed by atoms with E-state index in [0.29, 0.717) is 28.7 Å². The molecule has 1 fully saturated rings. The number of fused-ring (bicyclic) bond motifs is 1. The number of methoxy groups -OCH3 is 1. The number of aromatic nitrogens is 1. The lowest BCUT2D eigenvalue weighted by atomic mass is 10.1. The van der Waals surface area contributed by atoms with Crippen molar-refractivity contribution in [3.05, 3.63) is 77.9 Å². The summed E-state index contributed by atoms with van der Waals surface area (Å²) in [6.07, 6.45) is 1.94. The zero-order chi connectivity index (χ0) is 23.5. The maximum Gasteiger partial charge on any atom is 0.260 e. The largest absolute Gasteiger partial charge is 0.494 e. The van der Waals surface area contributed by atoms with Crippen LogP contribution in [-0.2, 0) is 4.74 Å². The van der Waals surface area contributed by atoms with E-state index in [4.69, 9.17) is 19.2 Å². The summed E-state index contributed by atoms with van der Waals surface area (Å²) in [5.74, 6) is 2.02. The van der Waals surface area contributed by atoms with Crippen molar-refractivity contribution in [3.63, 3.8) is 0 Å². The minimum Gasteiger partial charge on any atom is -0.494 e. The van der Waals surface area contributed by atoms with Crippen molar-refractivity contribution in [1.82, 2.24) is 4.98 Å². The van der Waals surface area contributed by atoms with E-state index in [9.17, 15) is 4.79 Å². The van der Waals surface area contributed by atoms with Crippen LogP contribution in [0.15, 0.2) is 66.7 Å². The van der Waals surface area contributed by atoms with Gasteiger partial charge in [-0.05, 0) is 67.8 Å². The fraction of sp³-hybridized carbons (Fsp3) is 0.259. The smallest absolute Gasteiger partial charge is 0.260 e. The predicted molar refractivity (Wildman–Crippen MR) is 135 cm³/mol. The van der Waals surface area contributed by atoms with Gasteiger partial charge in [0.15, 0.2) is 5.13 Å². The van der Waals surface area contributed by atoms with Gasteiger partial charge in [0.1, 0.15) is 22.8 Å². The van der Waals surface area contributed by atoms with Gasteiger partial charge in [-0.1, -0.05) is 35.6 Å². The molecule has 1 saturated heterocycles. The summed E-state index contributed by atoms with van der Waals surface area (Å²) >= 11 is 1.51. The molecule has 4 aromatic rings. The summed E-state index contributed by atoms with van der Waals surface area (Å²) in [4.78, 5) is 20.3. The SMILES string of the molecule is COc1ccc(C)c2sc(N(CC3CCCO3)C(=O)c3ccc(Oc4ccccc4)cc3)nc12. The molecule has 0 bridgehead atoms. The van der Waals surface area contributed by atoms with Crippen LogP contribution in [0.5, 0.6) is 17.2 Å². The van der Waals surface area contributed by atoms with Crippen LogP contribution in [-0.4, -0.2) is 37.3 Å². The molecule has 1 atom stereocenters. The number of thiazole rings is 1. The summed E-state index contributed by atoms with van der Waals surface area (Å²) in [7, 11) is 1.64. The summed E-state index contributed by atoms with van der Waals surface area (Å²) in [6, 6.07) is 20.7. The topological polar surface area (TPSA) is 60.9 Å². The Bertz CT molecular complexity index is 1280. The number of carbonyl (C=O) groups excluding carboxylic acids is 1. The number of benzene rings is 3. The quantitative estimate of drug-likeness (QED) is 0.318. The zero-order valence-electron chi connectivity index (χ0n) is 19.2. The maximum absolute atomic E-state index is 13.7. The molecule has 0 spiro atoms. The van der Waals surface area contributed by atoms with Crippen LogP contribution < -0.4 is 14.4 Å². The van der Waals surface area contributed by atoms with E-state index in [1.54, 1.807) is 24.1 Å². The Labute approximate surface area is 202 Å². The third kappa shape index (κ3) is 4.62. The summed E-state index contributed by atoms with van der Waals surface area (Å²) in [5.41, 5.74) is 2.45. The van der Waals surface area contributed by atoms with Crippen molar-refractivity contribution in [3.8, 4) is 17.2 Å². The van der Waals surface area contributed by atoms with Gasteiger partial charge in [-0.2, -0.15) is 0 Å². The van der Waals surface area contributed by atoms with Gasteiger partial charge < -0.3 is 14.2 Å². The number of aryl methyl sites for hydroxylation is 1. The second-order valence-electron chi connectivity index (χ2n) is 8.25. The first-order valence-electron chi connectivity index (χ1n) is 11.3. The monoisotopic (exact) mass is 474 g/mol. The van der Waals surface area contributed by atoms with Gasteiger partial charge in [0.05, 0.1) is 24.5 Å². The molecule has 1 aromatic heterocycles. The van der Waals surface area contributed by atoms with E-state index in [-0.39, 0.29) is 12.0 Å². The number of hydrogen-bond donors (Lipinski definition) is 0. The highest BCUT2D eigenvalue weighted by Gasteiger charge is 2.28. The van der Waals surface area contributed by atoms with E-state index >= 15 is 0 Å². The molecule has 1 unspecified atom stereocenters. The Morgan fingerprint density at radius 3 is 2.56 bits per heavy atom. The third-order valence-corrected chi connectivity index (χ3v) is 7.09. The third-order valence-electron chi connectivity index (χ3n) is 5.88. The van der Waals surface area contributed by atoms with E-state index in [1.165, 1.54) is 11.3 Å². The molecule has 7 heteroatoms. The molecule has 6 nitrogen and oxygen atoms in total. The minimum atomic E-state index is -0.113. The first-order valence-corrected chi connectivity index (χ1v) is 12.1. The predicted octanol–water partition coefficient (Wildman–Crippen LogP) is 6.23. The van der Waals surface area contributed by atoms with E-state index in [0.717, 1.165) is 41.0 Å². The van der Waals surface area contributed by atoms with Crippen molar-refractivity contribution in [2.45, 2.75) is 25.9 Å². The molecule has 0 aliphatic carbocycles. The molecule has 1 aliphatic heterocycles. The highest BCUT2D eigenvalue weighted by molar-refractivity contribution is 7.22. The van der Waals surface area contributed by atoms with E-state index in [1.807, 2.05) is 61.5 Å². The summed E-state index contributed by atoms with van der Waals surface area (Å²) in [5, 5.41) is 0.646. The Morgan fingerprint density at radius 2 is 1.85 bits per heavy atom. The lowest BCUT2D eigenvalue weighted by Crippen LogP contribution is -2.37. The number of anilines is 1. The molecule has 1 aliphatic rings. The van der Waals surface area contributed by atoms with Gasteiger partial charge in [-0.25, -0.2) is 4.98 Å². The van der Waals surface area contributed by atoms with Crippen molar-refractivity contribution < 1.29 is 19.0 Å². The van der Waals surface area contributed by atoms with Crippen molar-refractivity contribution in [1.29, 1.82) is 0 Å². The number of carbonyl (C=O) groups is 1. The van der Waals surface area contributed by atoms with Gasteiger partial charge in [0.25, 0.3) is 5.91 Å². The Kier molecular flexibility index (Phi) is 6.47. The second-order valence-corrected chi connectivity index (χ2v) is 9.23. The summed E-state index contributed by atoms with van der Waals surface area (Å²) in [6.45, 7) is 3.23. The summed E-state index contributed by atoms with van der Waals surface area (Å²) < 4.78 is 18.3. The van der Waals surface area contributed by atoms with Crippen molar-refractivity contribution in [2.24, 2.45) is 0 Å². The van der Waals surface area contributed by atoms with Crippen molar-refractivity contribution >= 4 is 32.6 Å². The van der Waals surface area contributed by atoms with Crippen LogP contribution in [0.2, 0.25) is 0 Å². The number of amides is 1. The molecule has 0 N–H and O–H groups in total. The first kappa shape index (κ1) is 22.4. The average molecular weight is 475 g/mol. The number of nitrogens with zero attached hydrogens (tertiary/aromatic N) is 2.